The van der Waals surface area contributed by atoms with Crippen LogP contribution < -0.4 is 21.7 Å². The molecule has 0 aromatic carbocycles. The third kappa shape index (κ3) is 47.0. The molecule has 0 aliphatic rings. The molecule has 0 saturated heterocycles. The van der Waals surface area contributed by atoms with Gasteiger partial charge in [0.25, 0.3) is 0 Å². The van der Waals surface area contributed by atoms with E-state index in [0.717, 1.165) is 58.9 Å². The fraction of sp³-hybridized carbons (Fsp3) is 0.939. The minimum atomic E-state index is 0. The van der Waals surface area contributed by atoms with Gasteiger partial charge in [-0.3, -0.25) is 0 Å². The smallest absolute Gasteiger partial charge is 0.0979 e. The van der Waals surface area contributed by atoms with Crippen molar-refractivity contribution >= 4 is 49.6 Å². The quantitative estimate of drug-likeness (QED) is 0.0503. The molecule has 0 aromatic heterocycles. The molecule has 0 aromatic rings. The van der Waals surface area contributed by atoms with Crippen molar-refractivity contribution in [1.29, 1.82) is 0 Å². The van der Waals surface area contributed by atoms with Crippen LogP contribution in [-0.4, -0.2) is 65.2 Å². The van der Waals surface area contributed by atoms with Gasteiger partial charge < -0.3 is 31.2 Å². The molecule has 0 saturated carbocycles. The number of nitrogens with one attached hydrogen (secondary N) is 3. The molecule has 10 heteroatoms. The fourth-order valence-corrected chi connectivity index (χ4v) is 4.75. The molecule has 1 unspecified atom stereocenters. The largest absolute Gasteiger partial charge is 0.388 e. The Morgan fingerprint density at radius 3 is 1.60 bits per heavy atom. The standard InChI is InChI=1S/C33H70N4O2.4ClH/c1-3-5-6-7-8-9-10-11-12-13-14-15-16-17-18-21-30-38-32-33(39-4-2)31-37-29-23-28-36-26-20-19-25-35-27-22-24-34;;;;/h23,29,33,35-37H,3-22,24-28,30-32,34H2,1-2H3;4*1H. The summed E-state index contributed by atoms with van der Waals surface area (Å²) < 4.78 is 11.8. The molecule has 0 aliphatic heterocycles. The minimum absolute atomic E-state index is 0. The Bertz CT molecular complexity index is 484. The van der Waals surface area contributed by atoms with Crippen LogP contribution >= 0.6 is 49.6 Å². The van der Waals surface area contributed by atoms with Crippen LogP contribution in [0.2, 0.25) is 0 Å². The van der Waals surface area contributed by atoms with Gasteiger partial charge in [0.05, 0.1) is 12.7 Å². The predicted octanol–water partition coefficient (Wildman–Crippen LogP) is 8.77. The Hall–Kier alpha value is 0.500. The molecule has 0 radical (unpaired) electrons. The van der Waals surface area contributed by atoms with Gasteiger partial charge in [-0.2, -0.15) is 0 Å². The first kappa shape index (κ1) is 53.0. The predicted molar refractivity (Wildman–Crippen MR) is 201 cm³/mol. The molecule has 0 bridgehead atoms. The van der Waals surface area contributed by atoms with Crippen LogP contribution in [0.1, 0.15) is 136 Å². The van der Waals surface area contributed by atoms with E-state index in [1.165, 1.54) is 116 Å². The van der Waals surface area contributed by atoms with Crippen molar-refractivity contribution in [3.63, 3.8) is 0 Å². The summed E-state index contributed by atoms with van der Waals surface area (Å²) in [6.45, 7) is 12.2. The van der Waals surface area contributed by atoms with Gasteiger partial charge in [0.15, 0.2) is 0 Å². The van der Waals surface area contributed by atoms with Crippen molar-refractivity contribution in [3.8, 4) is 0 Å². The van der Waals surface area contributed by atoms with Gasteiger partial charge in [-0.05, 0) is 65.0 Å². The fourth-order valence-electron chi connectivity index (χ4n) is 4.75. The Labute approximate surface area is 293 Å². The Morgan fingerprint density at radius 1 is 0.605 bits per heavy atom. The van der Waals surface area contributed by atoms with E-state index in [9.17, 15) is 0 Å². The summed E-state index contributed by atoms with van der Waals surface area (Å²) in [4.78, 5) is 0. The lowest BCUT2D eigenvalue weighted by atomic mass is 10.0. The lowest BCUT2D eigenvalue weighted by Gasteiger charge is -2.17. The summed E-state index contributed by atoms with van der Waals surface area (Å²) in [6, 6.07) is 0. The number of nitrogens with two attached hydrogens (primary N) is 1. The van der Waals surface area contributed by atoms with Crippen LogP contribution in [-0.2, 0) is 9.47 Å². The second kappa shape index (κ2) is 49.4. The molecule has 0 rings (SSSR count). The second-order valence-electron chi connectivity index (χ2n) is 11.1. The van der Waals surface area contributed by atoms with Crippen molar-refractivity contribution < 1.29 is 9.47 Å². The molecule has 6 nitrogen and oxygen atoms in total. The minimum Gasteiger partial charge on any atom is -0.388 e. The molecule has 43 heavy (non-hydrogen) atoms. The maximum absolute atomic E-state index is 5.92. The van der Waals surface area contributed by atoms with Crippen LogP contribution in [0.4, 0.5) is 0 Å². The summed E-state index contributed by atoms with van der Waals surface area (Å²) in [5.74, 6) is 0. The summed E-state index contributed by atoms with van der Waals surface area (Å²) in [6.07, 6.45) is 30.1. The average molecular weight is 701 g/mol. The van der Waals surface area contributed by atoms with E-state index in [2.05, 4.69) is 35.9 Å². The summed E-state index contributed by atoms with van der Waals surface area (Å²) in [7, 11) is 0. The van der Waals surface area contributed by atoms with Crippen molar-refractivity contribution in [2.75, 3.05) is 59.1 Å². The zero-order chi connectivity index (χ0) is 28.3. The molecule has 5 N–H and O–H groups in total. The third-order valence-electron chi connectivity index (χ3n) is 7.21. The Morgan fingerprint density at radius 2 is 1.09 bits per heavy atom. The second-order valence-corrected chi connectivity index (χ2v) is 11.1. The highest BCUT2D eigenvalue weighted by molar-refractivity contribution is 5.86. The molecule has 266 valence electrons. The van der Waals surface area contributed by atoms with Crippen LogP contribution in [0.3, 0.4) is 0 Å². The van der Waals surface area contributed by atoms with Gasteiger partial charge in [0.2, 0.25) is 0 Å². The maximum atomic E-state index is 5.92. The highest BCUT2D eigenvalue weighted by Gasteiger charge is 2.07. The van der Waals surface area contributed by atoms with E-state index in [1.54, 1.807) is 0 Å². The molecule has 0 amide bonds. The number of unbranched alkanes of at least 4 members (excludes halogenated alkanes) is 16. The van der Waals surface area contributed by atoms with Gasteiger partial charge in [-0.1, -0.05) is 109 Å². The van der Waals surface area contributed by atoms with E-state index in [1.807, 2.05) is 6.20 Å². The van der Waals surface area contributed by atoms with Crippen LogP contribution in [0.15, 0.2) is 12.3 Å². The topological polar surface area (TPSA) is 80.6 Å². The number of halogens is 4. The van der Waals surface area contributed by atoms with Gasteiger partial charge in [0, 0.05) is 26.3 Å². The molecule has 0 heterocycles. The van der Waals surface area contributed by atoms with Crippen molar-refractivity contribution in [3.05, 3.63) is 12.3 Å². The zero-order valence-corrected chi connectivity index (χ0v) is 31.3. The van der Waals surface area contributed by atoms with Crippen molar-refractivity contribution in [1.82, 2.24) is 16.0 Å². The number of rotatable bonds is 34. The highest BCUT2D eigenvalue weighted by atomic mass is 35.5. The normalized spacial score (nSPS) is 11.3. The maximum Gasteiger partial charge on any atom is 0.0979 e. The summed E-state index contributed by atoms with van der Waals surface area (Å²) in [5, 5.41) is 10.2. The van der Waals surface area contributed by atoms with Gasteiger partial charge in [-0.25, -0.2) is 0 Å². The van der Waals surface area contributed by atoms with Gasteiger partial charge >= 0.3 is 0 Å². The van der Waals surface area contributed by atoms with Crippen LogP contribution in [0.25, 0.3) is 0 Å². The molecular formula is C33H74Cl4N4O2. The van der Waals surface area contributed by atoms with Gasteiger partial charge in [0.1, 0.15) is 0 Å². The summed E-state index contributed by atoms with van der Waals surface area (Å²) in [5.41, 5.74) is 5.49. The summed E-state index contributed by atoms with van der Waals surface area (Å²) >= 11 is 0. The number of hydrogen-bond acceptors (Lipinski definition) is 6. The first-order valence-electron chi connectivity index (χ1n) is 17.0. The number of ether oxygens (including phenoxy) is 2. The first-order valence-corrected chi connectivity index (χ1v) is 17.0. The van der Waals surface area contributed by atoms with Crippen molar-refractivity contribution in [2.45, 2.75) is 142 Å². The zero-order valence-electron chi connectivity index (χ0n) is 28.1. The van der Waals surface area contributed by atoms with E-state index in [0.29, 0.717) is 6.61 Å². The van der Waals surface area contributed by atoms with Crippen LogP contribution in [0, 0.1) is 0 Å². The van der Waals surface area contributed by atoms with E-state index in [-0.39, 0.29) is 55.7 Å². The first-order chi connectivity index (χ1) is 19.3. The third-order valence-corrected chi connectivity index (χ3v) is 7.21. The SMILES string of the molecule is CCCCCCCCCCCCCCCCCCOCC(CNC=CCNCCCCNCCCN)OCC.Cl.Cl.Cl.Cl. The monoisotopic (exact) mass is 698 g/mol. The number of hydrogen-bond donors (Lipinski definition) is 4. The molecule has 0 aliphatic carbocycles. The molecule has 0 fully saturated rings. The van der Waals surface area contributed by atoms with Crippen molar-refractivity contribution in [2.24, 2.45) is 5.73 Å². The highest BCUT2D eigenvalue weighted by Crippen LogP contribution is 2.13. The van der Waals surface area contributed by atoms with E-state index in [4.69, 9.17) is 15.2 Å². The lowest BCUT2D eigenvalue weighted by Crippen LogP contribution is -2.31. The Balaban J connectivity index is -0.00000120. The van der Waals surface area contributed by atoms with E-state index < -0.39 is 0 Å². The molecule has 1 atom stereocenters. The van der Waals surface area contributed by atoms with Crippen LogP contribution in [0.5, 0.6) is 0 Å². The average Bonchev–Trinajstić information content (AvgIpc) is 2.94. The molecule has 0 spiro atoms. The lowest BCUT2D eigenvalue weighted by molar-refractivity contribution is -0.00998. The molecular weight excluding hydrogens is 626 g/mol. The van der Waals surface area contributed by atoms with Gasteiger partial charge in [-0.15, -0.1) is 49.6 Å². The van der Waals surface area contributed by atoms with E-state index >= 15 is 0 Å². The Kier molecular flexibility index (Phi) is 60.9.